The molecule has 1 atom stereocenters. The van der Waals surface area contributed by atoms with Crippen molar-refractivity contribution in [1.29, 1.82) is 5.26 Å². The van der Waals surface area contributed by atoms with Crippen LogP contribution in [0, 0.1) is 16.7 Å². The molecule has 1 aliphatic rings. The smallest absolute Gasteiger partial charge is 0.110 e. The maximum atomic E-state index is 8.69. The fourth-order valence-electron chi connectivity index (χ4n) is 1.78. The molecule has 0 amide bonds. The molecule has 1 aliphatic carbocycles. The summed E-state index contributed by atoms with van der Waals surface area (Å²) < 4.78 is 0. The van der Waals surface area contributed by atoms with Crippen LogP contribution in [0.2, 0.25) is 0 Å². The van der Waals surface area contributed by atoms with Crippen molar-refractivity contribution in [1.82, 2.24) is 0 Å². The molecule has 2 heteroatoms. The highest BCUT2D eigenvalue weighted by Gasteiger charge is 2.63. The van der Waals surface area contributed by atoms with E-state index in [-0.39, 0.29) is 5.41 Å². The fourth-order valence-corrected chi connectivity index (χ4v) is 1.78. The lowest BCUT2D eigenvalue weighted by Crippen LogP contribution is -2.28. The zero-order valence-electron chi connectivity index (χ0n) is 6.65. The number of hydrogen-bond donors (Lipinski definition) is 1. The summed E-state index contributed by atoms with van der Waals surface area (Å²) in [4.78, 5) is 0. The van der Waals surface area contributed by atoms with Crippen molar-refractivity contribution in [2.75, 3.05) is 0 Å². The van der Waals surface area contributed by atoms with Crippen molar-refractivity contribution in [3.8, 4) is 6.07 Å². The normalized spacial score (nSPS) is 35.0. The Labute approximate surface area is 62.0 Å². The molecule has 0 radical (unpaired) electrons. The van der Waals surface area contributed by atoms with Crippen molar-refractivity contribution < 1.29 is 0 Å². The predicted octanol–water partition coefficient (Wildman–Crippen LogP) is 1.42. The lowest BCUT2D eigenvalue weighted by Gasteiger charge is -2.12. The van der Waals surface area contributed by atoms with Crippen LogP contribution in [-0.4, -0.2) is 5.54 Å². The molecule has 0 aromatic rings. The van der Waals surface area contributed by atoms with Crippen LogP contribution in [0.15, 0.2) is 0 Å². The van der Waals surface area contributed by atoms with Crippen molar-refractivity contribution in [3.63, 3.8) is 0 Å². The third-order valence-corrected chi connectivity index (χ3v) is 2.99. The largest absolute Gasteiger partial charge is 0.313 e. The second-order valence-corrected chi connectivity index (χ2v) is 3.25. The molecule has 0 aliphatic heterocycles. The Hall–Kier alpha value is -0.550. The lowest BCUT2D eigenvalue weighted by atomic mass is 9.95. The summed E-state index contributed by atoms with van der Waals surface area (Å²) in [7, 11) is 0. The lowest BCUT2D eigenvalue weighted by molar-refractivity contribution is 0.425. The summed E-state index contributed by atoms with van der Waals surface area (Å²) in [6.45, 7) is 4.21. The second-order valence-electron chi connectivity index (χ2n) is 3.25. The maximum Gasteiger partial charge on any atom is 0.110 e. The number of nitrogens with zero attached hydrogens (tertiary/aromatic N) is 1. The summed E-state index contributed by atoms with van der Waals surface area (Å²) in [6, 6.07) is 2.19. The van der Waals surface area contributed by atoms with E-state index in [9.17, 15) is 0 Å². The Morgan fingerprint density at radius 2 is 2.00 bits per heavy atom. The molecular weight excluding hydrogens is 124 g/mol. The topological polar surface area (TPSA) is 49.8 Å². The minimum absolute atomic E-state index is 0.155. The summed E-state index contributed by atoms with van der Waals surface area (Å²) >= 11 is 0. The van der Waals surface area contributed by atoms with Crippen LogP contribution in [-0.2, 0) is 0 Å². The van der Waals surface area contributed by atoms with Gasteiger partial charge in [0.15, 0.2) is 0 Å². The number of nitriles is 1. The van der Waals surface area contributed by atoms with Gasteiger partial charge in [-0.15, -0.1) is 0 Å². The molecule has 0 spiro atoms. The zero-order valence-corrected chi connectivity index (χ0v) is 6.65. The van der Waals surface area contributed by atoms with Gasteiger partial charge in [-0.05, 0) is 19.3 Å². The number of hydrogen-bond acceptors (Lipinski definition) is 2. The Kier molecular flexibility index (Phi) is 1.48. The first-order chi connectivity index (χ1) is 4.64. The van der Waals surface area contributed by atoms with E-state index in [0.717, 1.165) is 19.3 Å². The van der Waals surface area contributed by atoms with Gasteiger partial charge in [0.25, 0.3) is 0 Å². The van der Waals surface area contributed by atoms with E-state index in [1.165, 1.54) is 0 Å². The molecule has 0 saturated heterocycles. The van der Waals surface area contributed by atoms with Gasteiger partial charge in [0.2, 0.25) is 0 Å². The van der Waals surface area contributed by atoms with E-state index < -0.39 is 5.54 Å². The third-order valence-electron chi connectivity index (χ3n) is 2.99. The van der Waals surface area contributed by atoms with Crippen molar-refractivity contribution >= 4 is 0 Å². The average Bonchev–Trinajstić information content (AvgIpc) is 2.59. The Balaban J connectivity index is 2.71. The Bertz CT molecular complexity index is 176. The fraction of sp³-hybridized carbons (Fsp3) is 0.875. The van der Waals surface area contributed by atoms with E-state index in [1.54, 1.807) is 0 Å². The first kappa shape index (κ1) is 7.56. The molecule has 1 saturated carbocycles. The second kappa shape index (κ2) is 1.96. The standard InChI is InChI=1S/C8H14N2/c1-3-7(4-2)5-8(7,10)6-9/h3-5,10H2,1-2H3. The van der Waals surface area contributed by atoms with Crippen molar-refractivity contribution in [3.05, 3.63) is 0 Å². The van der Waals surface area contributed by atoms with Crippen molar-refractivity contribution in [2.45, 2.75) is 38.6 Å². The molecule has 1 fully saturated rings. The summed E-state index contributed by atoms with van der Waals surface area (Å²) in [5, 5.41) is 8.69. The van der Waals surface area contributed by atoms with E-state index in [1.807, 2.05) is 0 Å². The average molecular weight is 138 g/mol. The molecule has 10 heavy (non-hydrogen) atoms. The Morgan fingerprint density at radius 1 is 1.50 bits per heavy atom. The molecule has 0 heterocycles. The minimum atomic E-state index is -0.490. The molecule has 0 aromatic carbocycles. The quantitative estimate of drug-likeness (QED) is 0.627. The van der Waals surface area contributed by atoms with E-state index >= 15 is 0 Å². The Morgan fingerprint density at radius 3 is 2.10 bits per heavy atom. The predicted molar refractivity (Wildman–Crippen MR) is 40.2 cm³/mol. The van der Waals surface area contributed by atoms with Gasteiger partial charge >= 0.3 is 0 Å². The van der Waals surface area contributed by atoms with Crippen LogP contribution in [0.4, 0.5) is 0 Å². The number of rotatable bonds is 2. The highest BCUT2D eigenvalue weighted by atomic mass is 14.9. The molecule has 2 nitrogen and oxygen atoms in total. The zero-order chi connectivity index (χ0) is 7.83. The monoisotopic (exact) mass is 138 g/mol. The molecule has 2 N–H and O–H groups in total. The molecule has 0 bridgehead atoms. The molecule has 1 rings (SSSR count). The number of nitrogens with two attached hydrogens (primary N) is 1. The summed E-state index contributed by atoms with van der Waals surface area (Å²) in [6.07, 6.45) is 2.96. The van der Waals surface area contributed by atoms with Crippen LogP contribution in [0.25, 0.3) is 0 Å². The van der Waals surface area contributed by atoms with Gasteiger partial charge < -0.3 is 5.73 Å². The van der Waals surface area contributed by atoms with Gasteiger partial charge in [-0.2, -0.15) is 5.26 Å². The van der Waals surface area contributed by atoms with Crippen LogP contribution < -0.4 is 5.73 Å². The first-order valence-corrected chi connectivity index (χ1v) is 3.84. The van der Waals surface area contributed by atoms with Crippen LogP contribution in [0.1, 0.15) is 33.1 Å². The van der Waals surface area contributed by atoms with Crippen LogP contribution >= 0.6 is 0 Å². The van der Waals surface area contributed by atoms with Gasteiger partial charge in [-0.3, -0.25) is 0 Å². The van der Waals surface area contributed by atoms with E-state index in [0.29, 0.717) is 0 Å². The highest BCUT2D eigenvalue weighted by Crippen LogP contribution is 2.58. The summed E-state index contributed by atoms with van der Waals surface area (Å²) in [5.74, 6) is 0. The van der Waals surface area contributed by atoms with Gasteiger partial charge in [-0.25, -0.2) is 0 Å². The molecule has 1 unspecified atom stereocenters. The molecule has 56 valence electrons. The van der Waals surface area contributed by atoms with E-state index in [4.69, 9.17) is 11.0 Å². The van der Waals surface area contributed by atoms with Gasteiger partial charge in [0.1, 0.15) is 5.54 Å². The SMILES string of the molecule is CCC1(CC)CC1(N)C#N. The van der Waals surface area contributed by atoms with Gasteiger partial charge in [-0.1, -0.05) is 13.8 Å². The minimum Gasteiger partial charge on any atom is -0.313 e. The van der Waals surface area contributed by atoms with E-state index in [2.05, 4.69) is 19.9 Å². The summed E-state index contributed by atoms with van der Waals surface area (Å²) in [5.41, 5.74) is 5.45. The van der Waals surface area contributed by atoms with Crippen LogP contribution in [0.3, 0.4) is 0 Å². The van der Waals surface area contributed by atoms with Crippen molar-refractivity contribution in [2.24, 2.45) is 11.1 Å². The first-order valence-electron chi connectivity index (χ1n) is 3.84. The van der Waals surface area contributed by atoms with Gasteiger partial charge in [0, 0.05) is 5.41 Å². The molecular formula is C8H14N2. The van der Waals surface area contributed by atoms with Crippen LogP contribution in [0.5, 0.6) is 0 Å². The third kappa shape index (κ3) is 0.674. The highest BCUT2D eigenvalue weighted by molar-refractivity contribution is 5.29. The molecule has 0 aromatic heterocycles. The maximum absolute atomic E-state index is 8.69. The van der Waals surface area contributed by atoms with Gasteiger partial charge in [0.05, 0.1) is 6.07 Å².